The second kappa shape index (κ2) is 15.5. The minimum Gasteiger partial charge on any atom is -0.458 e. The van der Waals surface area contributed by atoms with Gasteiger partial charge in [-0.05, 0) is 30.9 Å². The molecule has 2 unspecified atom stereocenters. The lowest BCUT2D eigenvalue weighted by molar-refractivity contribution is -0.220. The summed E-state index contributed by atoms with van der Waals surface area (Å²) in [5.74, 6) is -4.07. The molecule has 4 aliphatic rings. The monoisotopic (exact) mass is 644 g/mol. The summed E-state index contributed by atoms with van der Waals surface area (Å²) in [6.07, 6.45) is 18.8. The molecule has 0 aromatic rings. The summed E-state index contributed by atoms with van der Waals surface area (Å²) >= 11 is 0. The first kappa shape index (κ1) is 36.8. The van der Waals surface area contributed by atoms with Crippen LogP contribution >= 0.6 is 0 Å². The van der Waals surface area contributed by atoms with Gasteiger partial charge in [-0.25, -0.2) is 0 Å². The Balaban J connectivity index is 1.43. The lowest BCUT2D eigenvalue weighted by Crippen LogP contribution is -2.63. The molecular weight excluding hydrogens is 584 g/mol. The van der Waals surface area contributed by atoms with Gasteiger partial charge < -0.3 is 24.8 Å². The average Bonchev–Trinajstić information content (AvgIpc) is 3.47. The van der Waals surface area contributed by atoms with E-state index >= 15 is 0 Å². The van der Waals surface area contributed by atoms with Crippen molar-refractivity contribution in [2.24, 2.45) is 35.0 Å². The summed E-state index contributed by atoms with van der Waals surface area (Å²) in [6, 6.07) is 0. The predicted molar refractivity (Wildman–Crippen MR) is 177 cm³/mol. The fraction of sp³-hybridized carbons (Fsp3) is 0.816. The smallest absolute Gasteiger partial charge is 0.306 e. The van der Waals surface area contributed by atoms with Crippen LogP contribution in [0.15, 0.2) is 23.3 Å². The summed E-state index contributed by atoms with van der Waals surface area (Å²) in [5.41, 5.74) is -2.66. The quantitative estimate of drug-likeness (QED) is 0.0889. The zero-order valence-corrected chi connectivity index (χ0v) is 29.0. The highest BCUT2D eigenvalue weighted by molar-refractivity contribution is 6.00. The van der Waals surface area contributed by atoms with Crippen LogP contribution in [0.4, 0.5) is 0 Å². The van der Waals surface area contributed by atoms with E-state index in [-0.39, 0.29) is 25.4 Å². The third-order valence-corrected chi connectivity index (χ3v) is 12.1. The first-order chi connectivity index (χ1) is 21.9. The molecular formula is C38H60O8. The number of carbonyl (C=O) groups excluding carboxylic acids is 3. The van der Waals surface area contributed by atoms with Gasteiger partial charge in [-0.1, -0.05) is 110 Å². The number of fused-ring (bicyclic) bond motifs is 5. The zero-order valence-electron chi connectivity index (χ0n) is 29.0. The topological polar surface area (TPSA) is 130 Å². The molecule has 0 spiro atoms. The molecule has 46 heavy (non-hydrogen) atoms. The maximum absolute atomic E-state index is 13.4. The van der Waals surface area contributed by atoms with Crippen molar-refractivity contribution in [1.82, 2.24) is 0 Å². The number of allylic oxidation sites excluding steroid dienone is 1. The minimum absolute atomic E-state index is 0.0564. The molecule has 260 valence electrons. The number of rotatable bonds is 18. The second-order valence-corrected chi connectivity index (χ2v) is 15.1. The van der Waals surface area contributed by atoms with Gasteiger partial charge in [0.25, 0.3) is 0 Å². The van der Waals surface area contributed by atoms with Crippen molar-refractivity contribution in [2.75, 3.05) is 13.2 Å². The standard InChI is InChI=1S/C38H60O8/c1-6-7-8-9-10-11-12-13-14-15-16-17-18-19-32(42)45-35-26(3)37(44)30-20-25(2)33(43)29(30)21-28(23-39)22-31(37)34-36(5,24-40)38(34,35)46-27(4)41/h20,22,26,29-31,34-35,39-40,44H,6-19,21,23-24H2,1-5H3/t26-,29-,30-,31?,34-,35?,36-,37+,38-/m1/s1. The van der Waals surface area contributed by atoms with Crippen molar-refractivity contribution < 1.29 is 39.2 Å². The van der Waals surface area contributed by atoms with Crippen molar-refractivity contribution in [2.45, 2.75) is 148 Å². The first-order valence-electron chi connectivity index (χ1n) is 18.2. The van der Waals surface area contributed by atoms with E-state index in [9.17, 15) is 29.7 Å². The molecule has 0 amide bonds. The average molecular weight is 645 g/mol. The Bertz CT molecular complexity index is 1160. The molecule has 8 nitrogen and oxygen atoms in total. The lowest BCUT2D eigenvalue weighted by atomic mass is 9.60. The van der Waals surface area contributed by atoms with E-state index in [4.69, 9.17) is 9.47 Å². The Morgan fingerprint density at radius 2 is 1.48 bits per heavy atom. The third kappa shape index (κ3) is 6.78. The second-order valence-electron chi connectivity index (χ2n) is 15.1. The molecule has 0 aromatic carbocycles. The molecule has 8 heteroatoms. The van der Waals surface area contributed by atoms with Crippen LogP contribution < -0.4 is 0 Å². The van der Waals surface area contributed by atoms with Crippen LogP contribution in [0.5, 0.6) is 0 Å². The number of unbranched alkanes of at least 4 members (excludes halogenated alkanes) is 12. The number of ketones is 1. The van der Waals surface area contributed by atoms with Crippen LogP contribution in [0.25, 0.3) is 0 Å². The Hall–Kier alpha value is -2.03. The van der Waals surface area contributed by atoms with Crippen molar-refractivity contribution >= 4 is 17.7 Å². The van der Waals surface area contributed by atoms with Crippen LogP contribution in [0, 0.1) is 35.0 Å². The highest BCUT2D eigenvalue weighted by Crippen LogP contribution is 2.76. The third-order valence-electron chi connectivity index (χ3n) is 12.1. The number of ether oxygens (including phenoxy) is 2. The Morgan fingerprint density at radius 1 is 0.913 bits per heavy atom. The molecule has 4 rings (SSSR count). The van der Waals surface area contributed by atoms with Gasteiger partial charge >= 0.3 is 11.9 Å². The van der Waals surface area contributed by atoms with Gasteiger partial charge in [-0.3, -0.25) is 14.4 Å². The highest BCUT2D eigenvalue weighted by Gasteiger charge is 2.88. The van der Waals surface area contributed by atoms with Crippen molar-refractivity contribution in [1.29, 1.82) is 0 Å². The molecule has 2 fully saturated rings. The van der Waals surface area contributed by atoms with Crippen LogP contribution in [-0.4, -0.2) is 63.6 Å². The molecule has 0 aromatic heterocycles. The SMILES string of the molecule is CCCCCCCCCCCCCCCC(=O)OC1[C@@H](C)[C@@]2(O)C(C=C(CO)C[C@H]3C(=O)C(C)=C[C@H]32)[C@@H]2[C@@](C)(CO)[C@]12OC(C)=O. The fourth-order valence-electron chi connectivity index (χ4n) is 9.51. The van der Waals surface area contributed by atoms with Gasteiger partial charge in [-0.2, -0.15) is 0 Å². The Morgan fingerprint density at radius 3 is 2.00 bits per heavy atom. The molecule has 0 heterocycles. The van der Waals surface area contributed by atoms with E-state index in [0.717, 1.165) is 19.3 Å². The normalized spacial score (nSPS) is 36.1. The number of esters is 2. The number of carbonyl (C=O) groups is 3. The summed E-state index contributed by atoms with van der Waals surface area (Å²) in [4.78, 5) is 39.2. The maximum atomic E-state index is 13.4. The lowest BCUT2D eigenvalue weighted by Gasteiger charge is -2.52. The predicted octanol–water partition coefficient (Wildman–Crippen LogP) is 6.39. The first-order valence-corrected chi connectivity index (χ1v) is 18.2. The number of aliphatic hydroxyl groups excluding tert-OH is 2. The number of hydrogen-bond acceptors (Lipinski definition) is 8. The molecule has 3 N–H and O–H groups in total. The van der Waals surface area contributed by atoms with Gasteiger partial charge in [0.1, 0.15) is 6.10 Å². The number of aliphatic hydroxyl groups is 3. The van der Waals surface area contributed by atoms with Crippen LogP contribution in [0.1, 0.15) is 131 Å². The summed E-state index contributed by atoms with van der Waals surface area (Å²) in [7, 11) is 0. The van der Waals surface area contributed by atoms with Gasteiger partial charge in [0.05, 0.1) is 18.8 Å². The molecule has 0 aliphatic heterocycles. The summed E-state index contributed by atoms with van der Waals surface area (Å²) in [5, 5.41) is 33.7. The Kier molecular flexibility index (Phi) is 12.4. The van der Waals surface area contributed by atoms with E-state index in [1.807, 2.05) is 19.1 Å². The zero-order chi connectivity index (χ0) is 33.7. The highest BCUT2D eigenvalue weighted by atomic mass is 16.6. The van der Waals surface area contributed by atoms with Gasteiger partial charge in [-0.15, -0.1) is 0 Å². The number of Topliss-reactive ketones (excluding diaryl/α,β-unsaturated/α-hetero) is 1. The maximum Gasteiger partial charge on any atom is 0.306 e. The van der Waals surface area contributed by atoms with Crippen LogP contribution in [0.2, 0.25) is 0 Å². The van der Waals surface area contributed by atoms with Crippen LogP contribution in [-0.2, 0) is 23.9 Å². The van der Waals surface area contributed by atoms with E-state index in [1.165, 1.54) is 64.7 Å². The molecule has 0 bridgehead atoms. The summed E-state index contributed by atoms with van der Waals surface area (Å²) < 4.78 is 12.3. The summed E-state index contributed by atoms with van der Waals surface area (Å²) in [6.45, 7) is 8.29. The van der Waals surface area contributed by atoms with Gasteiger partial charge in [0, 0.05) is 48.3 Å². The van der Waals surface area contributed by atoms with Crippen molar-refractivity contribution in [3.8, 4) is 0 Å². The van der Waals surface area contributed by atoms with E-state index in [1.54, 1.807) is 13.8 Å². The van der Waals surface area contributed by atoms with Gasteiger partial charge in [0.15, 0.2) is 11.4 Å². The molecule has 2 saturated carbocycles. The van der Waals surface area contributed by atoms with Crippen molar-refractivity contribution in [3.63, 3.8) is 0 Å². The van der Waals surface area contributed by atoms with E-state index in [0.29, 0.717) is 24.0 Å². The largest absolute Gasteiger partial charge is 0.458 e. The Labute approximate surface area is 276 Å². The van der Waals surface area contributed by atoms with Crippen molar-refractivity contribution in [3.05, 3.63) is 23.3 Å². The number of hydrogen-bond donors (Lipinski definition) is 3. The van der Waals surface area contributed by atoms with Crippen LogP contribution in [0.3, 0.4) is 0 Å². The molecule has 4 aliphatic carbocycles. The molecule has 0 radical (unpaired) electrons. The van der Waals surface area contributed by atoms with E-state index < -0.39 is 64.2 Å². The molecule has 9 atom stereocenters. The minimum atomic E-state index is -1.53. The fourth-order valence-corrected chi connectivity index (χ4v) is 9.51. The van der Waals surface area contributed by atoms with Gasteiger partial charge in [0.2, 0.25) is 0 Å². The molecule has 0 saturated heterocycles. The van der Waals surface area contributed by atoms with E-state index in [2.05, 4.69) is 6.92 Å².